The maximum absolute atomic E-state index is 12.4. The average Bonchev–Trinajstić information content (AvgIpc) is 2.34. The summed E-state index contributed by atoms with van der Waals surface area (Å²) in [5.74, 6) is 0. The van der Waals surface area contributed by atoms with Gasteiger partial charge in [-0.15, -0.1) is 0 Å². The van der Waals surface area contributed by atoms with E-state index in [4.69, 9.17) is 4.74 Å². The highest BCUT2D eigenvalue weighted by Crippen LogP contribution is 2.29. The third-order valence-electron chi connectivity index (χ3n) is 2.78. The number of aliphatic hydroxyl groups excluding tert-OH is 1. The number of aliphatic hydroxyl groups is 1. The van der Waals surface area contributed by atoms with Crippen LogP contribution in [0.15, 0.2) is 24.3 Å². The van der Waals surface area contributed by atoms with Crippen LogP contribution in [0.25, 0.3) is 0 Å². The molecule has 0 aromatic heterocycles. The quantitative estimate of drug-likeness (QED) is 0.773. The van der Waals surface area contributed by atoms with Crippen LogP contribution in [-0.4, -0.2) is 24.4 Å². The van der Waals surface area contributed by atoms with Gasteiger partial charge >= 0.3 is 6.18 Å². The molecule has 108 valence electrons. The molecule has 0 spiro atoms. The Balaban J connectivity index is 2.40. The van der Waals surface area contributed by atoms with Crippen molar-refractivity contribution in [3.05, 3.63) is 35.4 Å². The van der Waals surface area contributed by atoms with Gasteiger partial charge in [-0.25, -0.2) is 0 Å². The molecule has 5 heteroatoms. The van der Waals surface area contributed by atoms with Crippen LogP contribution >= 0.6 is 0 Å². The molecular weight excluding hydrogens is 257 g/mol. The zero-order valence-electron chi connectivity index (χ0n) is 10.9. The van der Waals surface area contributed by atoms with Crippen molar-refractivity contribution in [2.45, 2.75) is 38.5 Å². The van der Waals surface area contributed by atoms with E-state index in [0.29, 0.717) is 31.6 Å². The van der Waals surface area contributed by atoms with Crippen LogP contribution in [0.3, 0.4) is 0 Å². The number of alkyl halides is 3. The zero-order chi connectivity index (χ0) is 14.3. The maximum atomic E-state index is 12.4. The Labute approximate surface area is 111 Å². The van der Waals surface area contributed by atoms with E-state index in [2.05, 4.69) is 0 Å². The first kappa shape index (κ1) is 16.0. The first-order valence-electron chi connectivity index (χ1n) is 6.35. The van der Waals surface area contributed by atoms with Crippen molar-refractivity contribution in [1.29, 1.82) is 0 Å². The Hall–Kier alpha value is -1.07. The van der Waals surface area contributed by atoms with Gasteiger partial charge in [0.1, 0.15) is 0 Å². The Morgan fingerprint density at radius 3 is 2.37 bits per heavy atom. The summed E-state index contributed by atoms with van der Waals surface area (Å²) in [4.78, 5) is 0. The summed E-state index contributed by atoms with van der Waals surface area (Å²) in [6.45, 7) is 3.15. The maximum Gasteiger partial charge on any atom is 0.416 e. The Morgan fingerprint density at radius 2 is 1.84 bits per heavy atom. The minimum Gasteiger partial charge on any atom is -0.393 e. The van der Waals surface area contributed by atoms with Gasteiger partial charge in [0.25, 0.3) is 0 Å². The fourth-order valence-electron chi connectivity index (χ4n) is 1.77. The summed E-state index contributed by atoms with van der Waals surface area (Å²) >= 11 is 0. The molecule has 1 N–H and O–H groups in total. The van der Waals surface area contributed by atoms with Crippen molar-refractivity contribution in [1.82, 2.24) is 0 Å². The summed E-state index contributed by atoms with van der Waals surface area (Å²) < 4.78 is 42.2. The standard InChI is InChI=1S/C14H19F3O2/c1-2-19-9-3-4-13(18)10-11-5-7-12(8-6-11)14(15,16)17/h5-8,13,18H,2-4,9-10H2,1H3. The minimum atomic E-state index is -4.31. The second kappa shape index (κ2) is 7.50. The molecule has 0 aliphatic carbocycles. The lowest BCUT2D eigenvalue weighted by Gasteiger charge is -2.12. The molecule has 0 aliphatic rings. The smallest absolute Gasteiger partial charge is 0.393 e. The lowest BCUT2D eigenvalue weighted by atomic mass is 10.0. The second-order valence-corrected chi connectivity index (χ2v) is 4.39. The first-order valence-corrected chi connectivity index (χ1v) is 6.35. The van der Waals surface area contributed by atoms with Gasteiger partial charge in [0.2, 0.25) is 0 Å². The third kappa shape index (κ3) is 6.07. The molecule has 1 unspecified atom stereocenters. The fourth-order valence-corrected chi connectivity index (χ4v) is 1.77. The normalized spacial score (nSPS) is 13.5. The highest BCUT2D eigenvalue weighted by atomic mass is 19.4. The van der Waals surface area contributed by atoms with Gasteiger partial charge in [-0.3, -0.25) is 0 Å². The molecule has 0 saturated heterocycles. The predicted octanol–water partition coefficient (Wildman–Crippen LogP) is 3.43. The summed E-state index contributed by atoms with van der Waals surface area (Å²) in [5.41, 5.74) is 0.0407. The van der Waals surface area contributed by atoms with Gasteiger partial charge < -0.3 is 9.84 Å². The monoisotopic (exact) mass is 276 g/mol. The van der Waals surface area contributed by atoms with Crippen molar-refractivity contribution in [3.8, 4) is 0 Å². The van der Waals surface area contributed by atoms with Crippen LogP contribution in [0.5, 0.6) is 0 Å². The third-order valence-corrected chi connectivity index (χ3v) is 2.78. The number of rotatable bonds is 7. The molecule has 0 fully saturated rings. The molecule has 2 nitrogen and oxygen atoms in total. The van der Waals surface area contributed by atoms with Crippen molar-refractivity contribution in [2.24, 2.45) is 0 Å². The van der Waals surface area contributed by atoms with Crippen LogP contribution in [0.1, 0.15) is 30.9 Å². The molecule has 1 atom stereocenters. The molecule has 1 rings (SSSR count). The van der Waals surface area contributed by atoms with Gasteiger partial charge in [-0.05, 0) is 43.9 Å². The summed E-state index contributed by atoms with van der Waals surface area (Å²) in [5, 5.41) is 9.75. The molecule has 0 saturated carbocycles. The Kier molecular flexibility index (Phi) is 6.31. The van der Waals surface area contributed by atoms with E-state index in [0.717, 1.165) is 18.6 Å². The zero-order valence-corrected chi connectivity index (χ0v) is 10.9. The highest BCUT2D eigenvalue weighted by molar-refractivity contribution is 5.25. The van der Waals surface area contributed by atoms with Crippen molar-refractivity contribution >= 4 is 0 Å². The fraction of sp³-hybridized carbons (Fsp3) is 0.571. The van der Waals surface area contributed by atoms with Crippen LogP contribution in [0.4, 0.5) is 13.2 Å². The van der Waals surface area contributed by atoms with Gasteiger partial charge in [0.05, 0.1) is 11.7 Å². The largest absolute Gasteiger partial charge is 0.416 e. The van der Waals surface area contributed by atoms with Crippen LogP contribution in [0, 0.1) is 0 Å². The summed E-state index contributed by atoms with van der Waals surface area (Å²) in [6, 6.07) is 4.91. The molecular formula is C14H19F3O2. The molecule has 19 heavy (non-hydrogen) atoms. The van der Waals surface area contributed by atoms with E-state index in [9.17, 15) is 18.3 Å². The summed E-state index contributed by atoms with van der Waals surface area (Å²) in [6.07, 6.45) is -3.16. The van der Waals surface area contributed by atoms with Crippen LogP contribution in [-0.2, 0) is 17.3 Å². The van der Waals surface area contributed by atoms with E-state index in [1.165, 1.54) is 12.1 Å². The van der Waals surface area contributed by atoms with E-state index < -0.39 is 17.8 Å². The first-order chi connectivity index (χ1) is 8.93. The molecule has 0 amide bonds. The second-order valence-electron chi connectivity index (χ2n) is 4.39. The van der Waals surface area contributed by atoms with Crippen molar-refractivity contribution in [2.75, 3.05) is 13.2 Å². The molecule has 0 bridgehead atoms. The van der Waals surface area contributed by atoms with Gasteiger partial charge in [0.15, 0.2) is 0 Å². The van der Waals surface area contributed by atoms with E-state index in [1.807, 2.05) is 6.92 Å². The number of hydrogen-bond acceptors (Lipinski definition) is 2. The van der Waals surface area contributed by atoms with Gasteiger partial charge in [0, 0.05) is 13.2 Å². The Bertz CT molecular complexity index is 360. The number of halogens is 3. The van der Waals surface area contributed by atoms with Gasteiger partial charge in [-0.2, -0.15) is 13.2 Å². The van der Waals surface area contributed by atoms with Gasteiger partial charge in [-0.1, -0.05) is 12.1 Å². The molecule has 1 aromatic rings. The van der Waals surface area contributed by atoms with Crippen LogP contribution in [0.2, 0.25) is 0 Å². The molecule has 1 aromatic carbocycles. The predicted molar refractivity (Wildman–Crippen MR) is 66.9 cm³/mol. The highest BCUT2D eigenvalue weighted by Gasteiger charge is 2.29. The lowest BCUT2D eigenvalue weighted by molar-refractivity contribution is -0.137. The average molecular weight is 276 g/mol. The SMILES string of the molecule is CCOCCCC(O)Cc1ccc(C(F)(F)F)cc1. The molecule has 0 radical (unpaired) electrons. The van der Waals surface area contributed by atoms with Crippen molar-refractivity contribution < 1.29 is 23.0 Å². The van der Waals surface area contributed by atoms with Crippen LogP contribution < -0.4 is 0 Å². The number of benzene rings is 1. The summed E-state index contributed by atoms with van der Waals surface area (Å²) in [7, 11) is 0. The number of ether oxygens (including phenoxy) is 1. The molecule has 0 heterocycles. The lowest BCUT2D eigenvalue weighted by Crippen LogP contribution is -2.12. The number of hydrogen-bond donors (Lipinski definition) is 1. The Morgan fingerprint density at radius 1 is 1.21 bits per heavy atom. The van der Waals surface area contributed by atoms with E-state index in [-0.39, 0.29) is 0 Å². The van der Waals surface area contributed by atoms with E-state index >= 15 is 0 Å². The topological polar surface area (TPSA) is 29.5 Å². The van der Waals surface area contributed by atoms with E-state index in [1.54, 1.807) is 0 Å². The molecule has 0 aliphatic heterocycles. The van der Waals surface area contributed by atoms with Crippen molar-refractivity contribution in [3.63, 3.8) is 0 Å². The minimum absolute atomic E-state index is 0.365.